The summed E-state index contributed by atoms with van der Waals surface area (Å²) in [5.74, 6) is 0. The fourth-order valence-electron chi connectivity index (χ4n) is 1.42. The molecule has 0 aliphatic rings. The van der Waals surface area contributed by atoms with Crippen molar-refractivity contribution >= 4 is 0 Å². The van der Waals surface area contributed by atoms with Crippen molar-refractivity contribution in [1.29, 1.82) is 0 Å². The summed E-state index contributed by atoms with van der Waals surface area (Å²) >= 11 is 0. The number of ether oxygens (including phenoxy) is 1. The van der Waals surface area contributed by atoms with Crippen LogP contribution in [-0.4, -0.2) is 13.2 Å². The Morgan fingerprint density at radius 3 is 2.64 bits per heavy atom. The molecule has 2 heteroatoms. The molecule has 2 atom stereocenters. The Labute approximate surface area is 86.1 Å². The highest BCUT2D eigenvalue weighted by Gasteiger charge is 2.04. The number of benzene rings is 1. The lowest BCUT2D eigenvalue weighted by molar-refractivity contribution is 0.119. The molecule has 14 heavy (non-hydrogen) atoms. The molecule has 0 heterocycles. The molecule has 0 aromatic heterocycles. The average molecular weight is 193 g/mol. The molecular weight excluding hydrogens is 174 g/mol. The largest absolute Gasteiger partial charge is 0.381 e. The molecule has 1 aromatic rings. The smallest absolute Gasteiger partial charge is 0.0583 e. The third-order valence-electron chi connectivity index (χ3n) is 2.40. The summed E-state index contributed by atoms with van der Waals surface area (Å²) in [6.07, 6.45) is 1.20. The fraction of sp³-hybridized carbons (Fsp3) is 0.500. The fourth-order valence-corrected chi connectivity index (χ4v) is 1.42. The van der Waals surface area contributed by atoms with Crippen molar-refractivity contribution in [2.24, 2.45) is 5.73 Å². The average Bonchev–Trinajstić information content (AvgIpc) is 2.18. The maximum Gasteiger partial charge on any atom is 0.0583 e. The highest BCUT2D eigenvalue weighted by Crippen LogP contribution is 2.13. The molecule has 1 rings (SSSR count). The number of hydrogen-bond donors (Lipinski definition) is 1. The van der Waals surface area contributed by atoms with Gasteiger partial charge in [-0.15, -0.1) is 0 Å². The molecular formula is C12H19NO. The minimum absolute atomic E-state index is 0.104. The van der Waals surface area contributed by atoms with Crippen LogP contribution in [0.1, 0.15) is 31.0 Å². The van der Waals surface area contributed by atoms with Gasteiger partial charge in [-0.05, 0) is 31.4 Å². The monoisotopic (exact) mass is 193 g/mol. The second kappa shape index (κ2) is 5.13. The van der Waals surface area contributed by atoms with E-state index in [4.69, 9.17) is 10.5 Å². The standard InChI is InChI=1S/C12H19NO/c1-9(14-3)7-11-5-4-6-12(8-11)10(2)13/h4-6,8-10H,7,13H2,1-3H3. The van der Waals surface area contributed by atoms with Gasteiger partial charge in [0.25, 0.3) is 0 Å². The van der Waals surface area contributed by atoms with E-state index in [1.54, 1.807) is 7.11 Å². The zero-order valence-corrected chi connectivity index (χ0v) is 9.16. The van der Waals surface area contributed by atoms with E-state index in [1.807, 2.05) is 6.92 Å². The Morgan fingerprint density at radius 1 is 1.36 bits per heavy atom. The molecule has 0 aliphatic heterocycles. The molecule has 78 valence electrons. The van der Waals surface area contributed by atoms with E-state index in [1.165, 1.54) is 11.1 Å². The summed E-state index contributed by atoms with van der Waals surface area (Å²) in [6.45, 7) is 4.07. The highest BCUT2D eigenvalue weighted by molar-refractivity contribution is 5.25. The summed E-state index contributed by atoms with van der Waals surface area (Å²) in [7, 11) is 1.74. The van der Waals surface area contributed by atoms with E-state index in [2.05, 4.69) is 31.2 Å². The first kappa shape index (κ1) is 11.2. The van der Waals surface area contributed by atoms with Crippen LogP contribution in [0.15, 0.2) is 24.3 Å². The van der Waals surface area contributed by atoms with Gasteiger partial charge in [-0.25, -0.2) is 0 Å². The highest BCUT2D eigenvalue weighted by atomic mass is 16.5. The van der Waals surface area contributed by atoms with Crippen LogP contribution in [0.4, 0.5) is 0 Å². The van der Waals surface area contributed by atoms with Crippen LogP contribution in [0, 0.1) is 0 Å². The Balaban J connectivity index is 2.73. The predicted molar refractivity (Wildman–Crippen MR) is 59.2 cm³/mol. The molecule has 2 unspecified atom stereocenters. The van der Waals surface area contributed by atoms with Gasteiger partial charge in [-0.3, -0.25) is 0 Å². The summed E-state index contributed by atoms with van der Waals surface area (Å²) in [5.41, 5.74) is 8.29. The molecule has 2 N–H and O–H groups in total. The molecule has 0 aliphatic carbocycles. The van der Waals surface area contributed by atoms with Gasteiger partial charge in [0.15, 0.2) is 0 Å². The second-order valence-corrected chi connectivity index (χ2v) is 3.78. The van der Waals surface area contributed by atoms with Crippen molar-refractivity contribution in [2.75, 3.05) is 7.11 Å². The van der Waals surface area contributed by atoms with Crippen LogP contribution in [0.2, 0.25) is 0 Å². The molecule has 0 spiro atoms. The normalized spacial score (nSPS) is 15.1. The molecule has 1 aromatic carbocycles. The Hall–Kier alpha value is -0.860. The van der Waals surface area contributed by atoms with Gasteiger partial charge in [0.1, 0.15) is 0 Å². The van der Waals surface area contributed by atoms with Gasteiger partial charge < -0.3 is 10.5 Å². The molecule has 0 saturated carbocycles. The van der Waals surface area contributed by atoms with E-state index < -0.39 is 0 Å². The zero-order chi connectivity index (χ0) is 10.6. The van der Waals surface area contributed by atoms with Crippen molar-refractivity contribution in [2.45, 2.75) is 32.4 Å². The molecule has 0 amide bonds. The molecule has 0 fully saturated rings. The Bertz CT molecular complexity index is 283. The van der Waals surface area contributed by atoms with Gasteiger partial charge >= 0.3 is 0 Å². The van der Waals surface area contributed by atoms with Crippen molar-refractivity contribution < 1.29 is 4.74 Å². The summed E-state index contributed by atoms with van der Waals surface area (Å²) < 4.78 is 5.22. The van der Waals surface area contributed by atoms with Crippen molar-refractivity contribution in [3.63, 3.8) is 0 Å². The van der Waals surface area contributed by atoms with Gasteiger partial charge in [-0.1, -0.05) is 24.3 Å². The van der Waals surface area contributed by atoms with Crippen LogP contribution in [0.25, 0.3) is 0 Å². The molecule has 0 radical (unpaired) electrons. The zero-order valence-electron chi connectivity index (χ0n) is 9.16. The van der Waals surface area contributed by atoms with Gasteiger partial charge in [0.2, 0.25) is 0 Å². The molecule has 0 bridgehead atoms. The lowest BCUT2D eigenvalue weighted by Gasteiger charge is -2.11. The summed E-state index contributed by atoms with van der Waals surface area (Å²) in [4.78, 5) is 0. The minimum atomic E-state index is 0.104. The minimum Gasteiger partial charge on any atom is -0.381 e. The number of hydrogen-bond acceptors (Lipinski definition) is 2. The van der Waals surface area contributed by atoms with Crippen LogP contribution in [0.5, 0.6) is 0 Å². The van der Waals surface area contributed by atoms with Crippen LogP contribution >= 0.6 is 0 Å². The second-order valence-electron chi connectivity index (χ2n) is 3.78. The lowest BCUT2D eigenvalue weighted by atomic mass is 10.0. The third-order valence-corrected chi connectivity index (χ3v) is 2.40. The quantitative estimate of drug-likeness (QED) is 0.796. The number of methoxy groups -OCH3 is 1. The van der Waals surface area contributed by atoms with E-state index in [9.17, 15) is 0 Å². The Kier molecular flexibility index (Phi) is 4.11. The third kappa shape index (κ3) is 3.13. The molecule has 2 nitrogen and oxygen atoms in total. The first-order valence-corrected chi connectivity index (χ1v) is 5.00. The van der Waals surface area contributed by atoms with Gasteiger partial charge in [-0.2, -0.15) is 0 Å². The van der Waals surface area contributed by atoms with Crippen LogP contribution in [0.3, 0.4) is 0 Å². The number of nitrogens with two attached hydrogens (primary N) is 1. The van der Waals surface area contributed by atoms with Crippen molar-refractivity contribution in [1.82, 2.24) is 0 Å². The maximum atomic E-state index is 5.81. The SMILES string of the molecule is COC(C)Cc1cccc(C(C)N)c1. The van der Waals surface area contributed by atoms with E-state index >= 15 is 0 Å². The molecule has 0 saturated heterocycles. The topological polar surface area (TPSA) is 35.2 Å². The van der Waals surface area contributed by atoms with Gasteiger partial charge in [0, 0.05) is 13.2 Å². The van der Waals surface area contributed by atoms with E-state index in [0.717, 1.165) is 6.42 Å². The van der Waals surface area contributed by atoms with Crippen molar-refractivity contribution in [3.8, 4) is 0 Å². The van der Waals surface area contributed by atoms with Gasteiger partial charge in [0.05, 0.1) is 6.10 Å². The first-order chi connectivity index (χ1) is 6.63. The predicted octanol–water partition coefficient (Wildman–Crippen LogP) is 2.28. The van der Waals surface area contributed by atoms with Crippen LogP contribution in [-0.2, 0) is 11.2 Å². The maximum absolute atomic E-state index is 5.81. The van der Waals surface area contributed by atoms with E-state index in [-0.39, 0.29) is 12.1 Å². The van der Waals surface area contributed by atoms with Crippen molar-refractivity contribution in [3.05, 3.63) is 35.4 Å². The lowest BCUT2D eigenvalue weighted by Crippen LogP contribution is -2.10. The summed E-state index contributed by atoms with van der Waals surface area (Å²) in [6, 6.07) is 8.48. The van der Waals surface area contributed by atoms with E-state index in [0.29, 0.717) is 0 Å². The van der Waals surface area contributed by atoms with Crippen LogP contribution < -0.4 is 5.73 Å². The Morgan fingerprint density at radius 2 is 2.07 bits per heavy atom. The summed E-state index contributed by atoms with van der Waals surface area (Å²) in [5, 5.41) is 0. The number of rotatable bonds is 4. The first-order valence-electron chi connectivity index (χ1n) is 5.00.